The Morgan fingerprint density at radius 1 is 1.35 bits per heavy atom. The molecule has 3 N–H and O–H groups in total. The highest BCUT2D eigenvalue weighted by molar-refractivity contribution is 5.76. The molecule has 0 saturated heterocycles. The van der Waals surface area contributed by atoms with Crippen LogP contribution in [0.4, 0.5) is 0 Å². The molecule has 102 valence electrons. The summed E-state index contributed by atoms with van der Waals surface area (Å²) in [5, 5.41) is 2.79. The first-order chi connectivity index (χ1) is 7.70. The van der Waals surface area contributed by atoms with Gasteiger partial charge >= 0.3 is 0 Å². The molecular weight excluding hydrogens is 216 g/mol. The van der Waals surface area contributed by atoms with E-state index in [1.807, 2.05) is 20.8 Å². The highest BCUT2D eigenvalue weighted by Crippen LogP contribution is 2.07. The Labute approximate surface area is 105 Å². The van der Waals surface area contributed by atoms with Crippen molar-refractivity contribution < 1.29 is 9.53 Å². The van der Waals surface area contributed by atoms with Crippen molar-refractivity contribution in [1.29, 1.82) is 0 Å². The van der Waals surface area contributed by atoms with Crippen molar-refractivity contribution in [2.75, 3.05) is 13.2 Å². The molecule has 4 heteroatoms. The molecule has 0 bridgehead atoms. The number of hydrogen-bond donors (Lipinski definition) is 2. The van der Waals surface area contributed by atoms with E-state index in [9.17, 15) is 4.79 Å². The Bertz CT molecular complexity index is 222. The number of carbonyl (C=O) groups is 1. The van der Waals surface area contributed by atoms with E-state index in [4.69, 9.17) is 10.5 Å². The van der Waals surface area contributed by atoms with Crippen LogP contribution < -0.4 is 11.1 Å². The maximum Gasteiger partial charge on any atom is 0.222 e. The Morgan fingerprint density at radius 2 is 1.94 bits per heavy atom. The van der Waals surface area contributed by atoms with Crippen LogP contribution in [0.3, 0.4) is 0 Å². The molecule has 4 nitrogen and oxygen atoms in total. The minimum atomic E-state index is -0.360. The monoisotopic (exact) mass is 244 g/mol. The number of carbonyl (C=O) groups excluding carboxylic acids is 1. The van der Waals surface area contributed by atoms with Crippen molar-refractivity contribution in [3.8, 4) is 0 Å². The molecule has 0 aliphatic carbocycles. The standard InChI is InChI=1S/C13H28N2O2/c1-10(2)8-11(3)17-7-6-12(16)15-9-13(4,5)14/h10-11H,6-9,14H2,1-5H3,(H,15,16). The van der Waals surface area contributed by atoms with Gasteiger partial charge in [-0.05, 0) is 33.1 Å². The second kappa shape index (κ2) is 7.67. The number of nitrogens with two attached hydrogens (primary N) is 1. The molecule has 0 aromatic carbocycles. The van der Waals surface area contributed by atoms with Gasteiger partial charge in [0.05, 0.1) is 12.7 Å². The zero-order valence-corrected chi connectivity index (χ0v) is 11.9. The molecular formula is C13H28N2O2. The Kier molecular flexibility index (Phi) is 7.39. The molecule has 0 spiro atoms. The molecule has 0 aliphatic heterocycles. The van der Waals surface area contributed by atoms with Crippen LogP contribution in [-0.2, 0) is 9.53 Å². The van der Waals surface area contributed by atoms with Gasteiger partial charge in [-0.25, -0.2) is 0 Å². The molecule has 0 fully saturated rings. The normalized spacial score (nSPS) is 13.8. The van der Waals surface area contributed by atoms with Crippen molar-refractivity contribution in [2.24, 2.45) is 11.7 Å². The van der Waals surface area contributed by atoms with Crippen LogP contribution in [0.25, 0.3) is 0 Å². The predicted octanol–water partition coefficient (Wildman–Crippen LogP) is 1.68. The number of nitrogens with one attached hydrogen (secondary N) is 1. The smallest absolute Gasteiger partial charge is 0.222 e. The van der Waals surface area contributed by atoms with Gasteiger partial charge in [0, 0.05) is 18.5 Å². The average molecular weight is 244 g/mol. The SMILES string of the molecule is CC(C)CC(C)OCCC(=O)NCC(C)(C)N. The van der Waals surface area contributed by atoms with Gasteiger partial charge in [-0.2, -0.15) is 0 Å². The minimum Gasteiger partial charge on any atom is -0.378 e. The average Bonchev–Trinajstić information content (AvgIpc) is 2.12. The number of rotatable bonds is 8. The van der Waals surface area contributed by atoms with Crippen LogP contribution in [0.2, 0.25) is 0 Å². The summed E-state index contributed by atoms with van der Waals surface area (Å²) in [5.41, 5.74) is 5.41. The quantitative estimate of drug-likeness (QED) is 0.683. The zero-order chi connectivity index (χ0) is 13.5. The van der Waals surface area contributed by atoms with Crippen LogP contribution in [0, 0.1) is 5.92 Å². The van der Waals surface area contributed by atoms with Crippen LogP contribution in [0.5, 0.6) is 0 Å². The molecule has 0 rings (SSSR count). The lowest BCUT2D eigenvalue weighted by Gasteiger charge is -2.19. The third-order valence-corrected chi connectivity index (χ3v) is 2.28. The van der Waals surface area contributed by atoms with Crippen molar-refractivity contribution in [2.45, 2.75) is 59.1 Å². The number of hydrogen-bond acceptors (Lipinski definition) is 3. The van der Waals surface area contributed by atoms with E-state index in [2.05, 4.69) is 19.2 Å². The molecule has 0 saturated carbocycles. The number of amides is 1. The Balaban J connectivity index is 3.58. The molecule has 17 heavy (non-hydrogen) atoms. The molecule has 1 unspecified atom stereocenters. The van der Waals surface area contributed by atoms with Gasteiger partial charge in [0.2, 0.25) is 5.91 Å². The summed E-state index contributed by atoms with van der Waals surface area (Å²) in [7, 11) is 0. The van der Waals surface area contributed by atoms with Crippen molar-refractivity contribution in [1.82, 2.24) is 5.32 Å². The highest BCUT2D eigenvalue weighted by atomic mass is 16.5. The van der Waals surface area contributed by atoms with E-state index in [0.717, 1.165) is 6.42 Å². The fraction of sp³-hybridized carbons (Fsp3) is 0.923. The van der Waals surface area contributed by atoms with Gasteiger partial charge in [-0.3, -0.25) is 4.79 Å². The van der Waals surface area contributed by atoms with E-state index in [1.165, 1.54) is 0 Å². The Hall–Kier alpha value is -0.610. The summed E-state index contributed by atoms with van der Waals surface area (Å²) in [6, 6.07) is 0. The first-order valence-electron chi connectivity index (χ1n) is 6.38. The first kappa shape index (κ1) is 16.4. The van der Waals surface area contributed by atoms with Crippen LogP contribution >= 0.6 is 0 Å². The zero-order valence-electron chi connectivity index (χ0n) is 11.9. The largest absolute Gasteiger partial charge is 0.378 e. The summed E-state index contributed by atoms with van der Waals surface area (Å²) in [6.07, 6.45) is 1.64. The van der Waals surface area contributed by atoms with Gasteiger partial charge < -0.3 is 15.8 Å². The van der Waals surface area contributed by atoms with Crippen molar-refractivity contribution >= 4 is 5.91 Å². The van der Waals surface area contributed by atoms with E-state index in [0.29, 0.717) is 25.5 Å². The third kappa shape index (κ3) is 11.6. The number of ether oxygens (including phenoxy) is 1. The van der Waals surface area contributed by atoms with Gasteiger partial charge in [-0.1, -0.05) is 13.8 Å². The lowest BCUT2D eigenvalue weighted by Crippen LogP contribution is -2.45. The van der Waals surface area contributed by atoms with Crippen molar-refractivity contribution in [3.05, 3.63) is 0 Å². The topological polar surface area (TPSA) is 64.3 Å². The van der Waals surface area contributed by atoms with E-state index >= 15 is 0 Å². The van der Waals surface area contributed by atoms with Gasteiger partial charge in [0.15, 0.2) is 0 Å². The lowest BCUT2D eigenvalue weighted by atomic mass is 10.1. The van der Waals surface area contributed by atoms with Gasteiger partial charge in [0.1, 0.15) is 0 Å². The molecule has 1 amide bonds. The molecule has 0 radical (unpaired) electrons. The van der Waals surface area contributed by atoms with Crippen LogP contribution in [-0.4, -0.2) is 30.7 Å². The summed E-state index contributed by atoms with van der Waals surface area (Å²) in [6.45, 7) is 11.1. The molecule has 0 heterocycles. The second-order valence-corrected chi connectivity index (χ2v) is 5.83. The molecule has 0 aliphatic rings. The maximum absolute atomic E-state index is 11.4. The van der Waals surface area contributed by atoms with Gasteiger partial charge in [-0.15, -0.1) is 0 Å². The van der Waals surface area contributed by atoms with E-state index < -0.39 is 0 Å². The Morgan fingerprint density at radius 3 is 2.41 bits per heavy atom. The minimum absolute atomic E-state index is 0.000252. The van der Waals surface area contributed by atoms with Crippen molar-refractivity contribution in [3.63, 3.8) is 0 Å². The van der Waals surface area contributed by atoms with E-state index in [-0.39, 0.29) is 17.6 Å². The highest BCUT2D eigenvalue weighted by Gasteiger charge is 2.12. The molecule has 0 aromatic rings. The second-order valence-electron chi connectivity index (χ2n) is 5.83. The van der Waals surface area contributed by atoms with Crippen LogP contribution in [0.1, 0.15) is 47.5 Å². The summed E-state index contributed by atoms with van der Waals surface area (Å²) >= 11 is 0. The van der Waals surface area contributed by atoms with E-state index in [1.54, 1.807) is 0 Å². The fourth-order valence-corrected chi connectivity index (χ4v) is 1.50. The maximum atomic E-state index is 11.4. The predicted molar refractivity (Wildman–Crippen MR) is 70.8 cm³/mol. The van der Waals surface area contributed by atoms with Crippen LogP contribution in [0.15, 0.2) is 0 Å². The third-order valence-electron chi connectivity index (χ3n) is 2.28. The molecule has 1 atom stereocenters. The van der Waals surface area contributed by atoms with Gasteiger partial charge in [0.25, 0.3) is 0 Å². The summed E-state index contributed by atoms with van der Waals surface area (Å²) in [4.78, 5) is 11.4. The molecule has 0 aromatic heterocycles. The summed E-state index contributed by atoms with van der Waals surface area (Å²) in [5.74, 6) is 0.622. The first-order valence-corrected chi connectivity index (χ1v) is 6.38. The fourth-order valence-electron chi connectivity index (χ4n) is 1.50. The summed E-state index contributed by atoms with van der Waals surface area (Å²) < 4.78 is 5.56. The lowest BCUT2D eigenvalue weighted by molar-refractivity contribution is -0.122.